The second kappa shape index (κ2) is 9.70. The molecule has 1 aliphatic carbocycles. The second-order valence-corrected chi connectivity index (χ2v) is 8.99. The van der Waals surface area contributed by atoms with E-state index in [1.54, 1.807) is 29.9 Å². The first kappa shape index (κ1) is 22.8. The molecular weight excluding hydrogens is 438 g/mol. The second-order valence-electron chi connectivity index (χ2n) is 8.99. The van der Waals surface area contributed by atoms with Crippen molar-refractivity contribution in [3.05, 3.63) is 94.2 Å². The molecule has 0 saturated heterocycles. The van der Waals surface area contributed by atoms with E-state index in [4.69, 9.17) is 5.10 Å². The van der Waals surface area contributed by atoms with Gasteiger partial charge < -0.3 is 9.88 Å². The number of nitrogens with zero attached hydrogens (tertiary/aromatic N) is 4. The number of hydrogen-bond acceptors (Lipinski definition) is 4. The predicted octanol–water partition coefficient (Wildman–Crippen LogP) is 4.54. The van der Waals surface area contributed by atoms with Crippen LogP contribution >= 0.6 is 0 Å². The zero-order chi connectivity index (χ0) is 24.4. The van der Waals surface area contributed by atoms with Crippen LogP contribution in [0.1, 0.15) is 37.6 Å². The Bertz CT molecular complexity index is 1470. The molecule has 1 amide bonds. The SMILES string of the molecule is CCc1nn(Cc2cccc(=O)n2C)c2cccc(NC(=O)C3=CN=C4C=CC=CCC4CC3)c12. The van der Waals surface area contributed by atoms with E-state index in [-0.39, 0.29) is 11.5 Å². The number of carbonyl (C=O) groups excluding carboxylic acids is 1. The van der Waals surface area contributed by atoms with Crippen LogP contribution in [0.5, 0.6) is 0 Å². The summed E-state index contributed by atoms with van der Waals surface area (Å²) in [6.07, 6.45) is 13.2. The van der Waals surface area contributed by atoms with Gasteiger partial charge in [-0.3, -0.25) is 19.3 Å². The fourth-order valence-corrected chi connectivity index (χ4v) is 4.77. The summed E-state index contributed by atoms with van der Waals surface area (Å²) in [6, 6.07) is 11.1. The number of allylic oxidation sites excluding steroid dienone is 4. The predicted molar refractivity (Wildman–Crippen MR) is 140 cm³/mol. The molecule has 5 rings (SSSR count). The van der Waals surface area contributed by atoms with E-state index in [1.807, 2.05) is 41.1 Å². The molecule has 0 radical (unpaired) electrons. The van der Waals surface area contributed by atoms with Gasteiger partial charge in [0.25, 0.3) is 11.5 Å². The molecule has 7 nitrogen and oxygen atoms in total. The van der Waals surface area contributed by atoms with Crippen LogP contribution in [0.25, 0.3) is 10.9 Å². The summed E-state index contributed by atoms with van der Waals surface area (Å²) < 4.78 is 3.54. The third-order valence-electron chi connectivity index (χ3n) is 6.81. The molecule has 35 heavy (non-hydrogen) atoms. The molecule has 1 unspecified atom stereocenters. The Kier molecular flexibility index (Phi) is 6.31. The van der Waals surface area contributed by atoms with E-state index in [2.05, 4.69) is 29.4 Å². The smallest absolute Gasteiger partial charge is 0.253 e. The number of hydrogen-bond donors (Lipinski definition) is 1. The molecule has 2 aromatic heterocycles. The van der Waals surface area contributed by atoms with E-state index in [9.17, 15) is 9.59 Å². The number of anilines is 1. The Morgan fingerprint density at radius 1 is 1.17 bits per heavy atom. The maximum absolute atomic E-state index is 13.3. The maximum atomic E-state index is 13.3. The third kappa shape index (κ3) is 4.54. The van der Waals surface area contributed by atoms with E-state index < -0.39 is 0 Å². The van der Waals surface area contributed by atoms with Gasteiger partial charge >= 0.3 is 0 Å². The Balaban J connectivity index is 1.45. The normalized spacial score (nSPS) is 17.4. The van der Waals surface area contributed by atoms with Crippen LogP contribution in [0.2, 0.25) is 0 Å². The van der Waals surface area contributed by atoms with E-state index >= 15 is 0 Å². The van der Waals surface area contributed by atoms with Crippen LogP contribution in [0.4, 0.5) is 5.69 Å². The minimum Gasteiger partial charge on any atom is -0.322 e. The molecule has 3 aromatic rings. The van der Waals surface area contributed by atoms with E-state index in [0.717, 1.165) is 53.0 Å². The van der Waals surface area contributed by atoms with Crippen LogP contribution in [0.3, 0.4) is 0 Å². The van der Waals surface area contributed by atoms with Crippen molar-refractivity contribution in [3.8, 4) is 0 Å². The molecule has 2 aliphatic rings. The molecule has 3 heterocycles. The summed E-state index contributed by atoms with van der Waals surface area (Å²) in [5.74, 6) is 0.215. The topological polar surface area (TPSA) is 81.3 Å². The van der Waals surface area contributed by atoms with Crippen LogP contribution in [0.15, 0.2) is 82.3 Å². The number of benzene rings is 1. The Morgan fingerprint density at radius 3 is 2.89 bits per heavy atom. The summed E-state index contributed by atoms with van der Waals surface area (Å²) in [7, 11) is 1.77. The van der Waals surface area contributed by atoms with Crippen LogP contribution in [0, 0.1) is 5.92 Å². The molecule has 0 bridgehead atoms. The van der Waals surface area contributed by atoms with E-state index in [1.165, 1.54) is 0 Å². The first-order chi connectivity index (χ1) is 17.0. The third-order valence-corrected chi connectivity index (χ3v) is 6.81. The highest BCUT2D eigenvalue weighted by molar-refractivity contribution is 6.09. The summed E-state index contributed by atoms with van der Waals surface area (Å²) in [6.45, 7) is 2.52. The Labute approximate surface area is 204 Å². The molecule has 178 valence electrons. The van der Waals surface area contributed by atoms with Crippen LogP contribution in [-0.2, 0) is 24.8 Å². The van der Waals surface area contributed by atoms with Gasteiger partial charge in [-0.2, -0.15) is 5.10 Å². The summed E-state index contributed by atoms with van der Waals surface area (Å²) >= 11 is 0. The molecule has 7 heteroatoms. The van der Waals surface area contributed by atoms with Crippen LogP contribution < -0.4 is 10.9 Å². The van der Waals surface area contributed by atoms with Crippen molar-refractivity contribution >= 4 is 28.2 Å². The van der Waals surface area contributed by atoms with Crippen molar-refractivity contribution < 1.29 is 4.79 Å². The number of aliphatic imine (C=N–C) groups is 1. The van der Waals surface area contributed by atoms with Gasteiger partial charge in [-0.15, -0.1) is 0 Å². The van der Waals surface area contributed by atoms with Crippen LogP contribution in [-0.4, -0.2) is 26.0 Å². The van der Waals surface area contributed by atoms with Gasteiger partial charge in [-0.05, 0) is 50.0 Å². The average molecular weight is 468 g/mol. The first-order valence-electron chi connectivity index (χ1n) is 12.1. The zero-order valence-electron chi connectivity index (χ0n) is 20.1. The fraction of sp³-hybridized carbons (Fsp3) is 0.286. The van der Waals surface area contributed by atoms with Gasteiger partial charge in [0.2, 0.25) is 0 Å². The lowest BCUT2D eigenvalue weighted by molar-refractivity contribution is -0.113. The minimum atomic E-state index is -0.127. The highest BCUT2D eigenvalue weighted by Crippen LogP contribution is 2.30. The molecule has 0 spiro atoms. The van der Waals surface area contributed by atoms with Gasteiger partial charge in [0, 0.05) is 47.6 Å². The molecule has 1 aromatic carbocycles. The highest BCUT2D eigenvalue weighted by Gasteiger charge is 2.22. The molecular formula is C28H29N5O2. The molecule has 1 N–H and O–H groups in total. The number of rotatable bonds is 5. The lowest BCUT2D eigenvalue weighted by atomic mass is 9.93. The first-order valence-corrected chi connectivity index (χ1v) is 12.1. The number of carbonyl (C=O) groups is 1. The largest absolute Gasteiger partial charge is 0.322 e. The van der Waals surface area contributed by atoms with Crippen molar-refractivity contribution in [2.24, 2.45) is 18.0 Å². The number of nitrogens with one attached hydrogen (secondary N) is 1. The van der Waals surface area contributed by atoms with E-state index in [0.29, 0.717) is 24.5 Å². The molecule has 1 atom stereocenters. The van der Waals surface area contributed by atoms with Gasteiger partial charge in [0.05, 0.1) is 23.4 Å². The van der Waals surface area contributed by atoms with Gasteiger partial charge in [0.1, 0.15) is 0 Å². The van der Waals surface area contributed by atoms with Gasteiger partial charge in [0.15, 0.2) is 0 Å². The van der Waals surface area contributed by atoms with Crippen molar-refractivity contribution in [1.29, 1.82) is 0 Å². The minimum absolute atomic E-state index is 0.0511. The Hall–Kier alpha value is -4.00. The number of pyridine rings is 1. The number of aromatic nitrogens is 3. The lowest BCUT2D eigenvalue weighted by Gasteiger charge is -2.13. The molecule has 0 saturated carbocycles. The van der Waals surface area contributed by atoms with Gasteiger partial charge in [-0.1, -0.05) is 37.3 Å². The lowest BCUT2D eigenvalue weighted by Crippen LogP contribution is -2.20. The maximum Gasteiger partial charge on any atom is 0.253 e. The number of amides is 1. The van der Waals surface area contributed by atoms with Crippen molar-refractivity contribution in [3.63, 3.8) is 0 Å². The quantitative estimate of drug-likeness (QED) is 0.598. The molecule has 0 fully saturated rings. The van der Waals surface area contributed by atoms with Crippen molar-refractivity contribution in [2.45, 2.75) is 39.2 Å². The summed E-state index contributed by atoms with van der Waals surface area (Å²) in [5.41, 5.74) is 5.10. The standard InChI is InChI=1S/C28H29N5O2/c1-3-22-27-24(30-28(35)20-16-15-19-9-5-4-6-11-23(19)29-17-20)12-8-13-25(27)33(31-22)18-21-10-7-14-26(34)32(21)2/h4-8,10-14,17,19H,3,9,15-16,18H2,1-2H3,(H,30,35). The average Bonchev–Trinajstić information content (AvgIpc) is 2.98. The number of aryl methyl sites for hydroxylation is 1. The van der Waals surface area contributed by atoms with Crippen molar-refractivity contribution in [1.82, 2.24) is 14.3 Å². The Morgan fingerprint density at radius 2 is 2.03 bits per heavy atom. The summed E-state index contributed by atoms with van der Waals surface area (Å²) in [4.78, 5) is 30.0. The van der Waals surface area contributed by atoms with Crippen molar-refractivity contribution in [2.75, 3.05) is 5.32 Å². The summed E-state index contributed by atoms with van der Waals surface area (Å²) in [5, 5.41) is 8.89. The monoisotopic (exact) mass is 467 g/mol. The number of fused-ring (bicyclic) bond motifs is 2. The zero-order valence-corrected chi connectivity index (χ0v) is 20.1. The molecule has 1 aliphatic heterocycles. The van der Waals surface area contributed by atoms with Gasteiger partial charge in [-0.25, -0.2) is 0 Å². The highest BCUT2D eigenvalue weighted by atomic mass is 16.1. The fourth-order valence-electron chi connectivity index (χ4n) is 4.77.